The Labute approximate surface area is 633 Å². The number of unbranched alkanes of at least 4 members (excludes halogenated alkanes) is 45. The highest BCUT2D eigenvalue weighted by molar-refractivity contribution is 5.84. The van der Waals surface area contributed by atoms with Gasteiger partial charge >= 0.3 is 11.9 Å². The Kier molecular flexibility index (Phi) is 65.7. The summed E-state index contributed by atoms with van der Waals surface area (Å²) in [6.45, 7) is 14.5. The van der Waals surface area contributed by atoms with Gasteiger partial charge in [-0.1, -0.05) is 380 Å². The molecule has 14 heteroatoms. The van der Waals surface area contributed by atoms with Crippen LogP contribution in [0.5, 0.6) is 0 Å². The lowest BCUT2D eigenvalue weighted by atomic mass is 9.89. The van der Waals surface area contributed by atoms with E-state index < -0.39 is 61.1 Å². The lowest BCUT2D eigenvalue weighted by molar-refractivity contribution is -0.213. The molecule has 4 N–H and O–H groups in total. The van der Waals surface area contributed by atoms with E-state index >= 15 is 0 Å². The fraction of sp³-hybridized carbons (Fsp3) is 0.888. The summed E-state index contributed by atoms with van der Waals surface area (Å²) in [4.78, 5) is 58.8. The number of hydrogen-bond acceptors (Lipinski definition) is 12. The van der Waals surface area contributed by atoms with Crippen molar-refractivity contribution >= 4 is 23.8 Å². The first kappa shape index (κ1) is 95.9. The third-order valence-corrected chi connectivity index (χ3v) is 21.3. The van der Waals surface area contributed by atoms with Gasteiger partial charge in [0.15, 0.2) is 6.10 Å². The first-order valence-corrected chi connectivity index (χ1v) is 44.3. The molecular formula is C89H164N2O12. The Bertz CT molecular complexity index is 1980. The maximum Gasteiger partial charge on any atom is 0.328 e. The van der Waals surface area contributed by atoms with Crippen molar-refractivity contribution in [2.75, 3.05) is 26.4 Å². The molecule has 0 unspecified atom stereocenters. The van der Waals surface area contributed by atoms with Gasteiger partial charge < -0.3 is 49.3 Å². The number of esters is 2. The summed E-state index contributed by atoms with van der Waals surface area (Å²) in [7, 11) is 0. The largest absolute Gasteiger partial charge is 0.459 e. The monoisotopic (exact) mass is 1450 g/mol. The Morgan fingerprint density at radius 1 is 0.408 bits per heavy atom. The molecule has 2 amide bonds. The van der Waals surface area contributed by atoms with Crippen LogP contribution in [0.4, 0.5) is 0 Å². The summed E-state index contributed by atoms with van der Waals surface area (Å²) in [5, 5.41) is 29.6. The van der Waals surface area contributed by atoms with Gasteiger partial charge in [-0.25, -0.2) is 4.79 Å². The number of aliphatic hydroxyl groups is 2. The van der Waals surface area contributed by atoms with E-state index in [0.29, 0.717) is 32.7 Å². The molecule has 0 saturated carbocycles. The van der Waals surface area contributed by atoms with Gasteiger partial charge in [0.2, 0.25) is 11.8 Å². The van der Waals surface area contributed by atoms with Crippen LogP contribution >= 0.6 is 0 Å². The van der Waals surface area contributed by atoms with Crippen LogP contribution in [0.25, 0.3) is 0 Å². The summed E-state index contributed by atoms with van der Waals surface area (Å²) in [5.74, 6) is -1.84. The summed E-state index contributed by atoms with van der Waals surface area (Å²) in [5.41, 5.74) is 0.797. The fourth-order valence-corrected chi connectivity index (χ4v) is 14.7. The van der Waals surface area contributed by atoms with Crippen LogP contribution in [0.15, 0.2) is 30.3 Å². The Morgan fingerprint density at radius 3 is 1.10 bits per heavy atom. The third kappa shape index (κ3) is 54.2. The van der Waals surface area contributed by atoms with Crippen molar-refractivity contribution < 1.29 is 57.8 Å². The second-order valence-electron chi connectivity index (χ2n) is 31.1. The van der Waals surface area contributed by atoms with Crippen LogP contribution in [0.1, 0.15) is 426 Å². The highest BCUT2D eigenvalue weighted by Crippen LogP contribution is 2.30. The average molecular weight is 1450 g/mol. The molecule has 0 spiro atoms. The number of hydrogen-bond donors (Lipinski definition) is 4. The van der Waals surface area contributed by atoms with E-state index in [-0.39, 0.29) is 62.7 Å². The molecule has 1 aliphatic rings. The highest BCUT2D eigenvalue weighted by atomic mass is 16.6. The standard InChI is InChI=1S/C89H164N2O12/c1-7-13-19-25-31-37-40-46-55-63-77(98-68-58-49-43-34-28-22-16-10-4)71-83(93)90-80(89(97)101-75-76-61-53-52-54-62-76)66-67-81-86(91-84(94)72-78(64-56-47-41-38-32-26-20-14-8-2)99-69-59-50-44-35-29-23-17-11-5)88(87(96)82(74-92)102-81)103-85(95)73-79(65-57-48-42-39-33-27-21-15-9-3)100-70-60-51-45-36-30-24-18-12-6/h52-54,61-62,77-82,86-88,92,96H,7-51,55-60,63-75H2,1-6H3,(H,90,93)(H,91,94)/t77-,78-,79-,80+,81+,82-,86+,87-,88-/m1/s1. The molecule has 0 aromatic heterocycles. The number of rotatable bonds is 76. The van der Waals surface area contributed by atoms with Gasteiger partial charge in [0.05, 0.1) is 56.3 Å². The van der Waals surface area contributed by atoms with Crippen molar-refractivity contribution in [1.82, 2.24) is 10.6 Å². The fourth-order valence-electron chi connectivity index (χ4n) is 14.7. The number of amides is 2. The normalized spacial score (nSPS) is 17.3. The number of ether oxygens (including phenoxy) is 6. The second-order valence-corrected chi connectivity index (χ2v) is 31.1. The lowest BCUT2D eigenvalue weighted by Crippen LogP contribution is -2.65. The van der Waals surface area contributed by atoms with Gasteiger partial charge in [-0.3, -0.25) is 14.4 Å². The number of nitrogens with one attached hydrogen (secondary N) is 2. The smallest absolute Gasteiger partial charge is 0.328 e. The van der Waals surface area contributed by atoms with Crippen molar-refractivity contribution in [1.29, 1.82) is 0 Å². The molecule has 1 heterocycles. The Hall–Kier alpha value is -3.14. The number of benzene rings is 1. The highest BCUT2D eigenvalue weighted by Gasteiger charge is 2.48. The van der Waals surface area contributed by atoms with Gasteiger partial charge in [-0.2, -0.15) is 0 Å². The van der Waals surface area contributed by atoms with E-state index in [1.54, 1.807) is 0 Å². The van der Waals surface area contributed by atoms with Gasteiger partial charge in [0.25, 0.3) is 0 Å². The zero-order valence-electron chi connectivity index (χ0n) is 67.8. The van der Waals surface area contributed by atoms with E-state index in [1.807, 2.05) is 30.3 Å². The average Bonchev–Trinajstić information content (AvgIpc) is 0.793. The molecule has 2 rings (SSSR count). The van der Waals surface area contributed by atoms with Crippen LogP contribution in [-0.2, 0) is 54.2 Å². The summed E-state index contributed by atoms with van der Waals surface area (Å²) in [6, 6.07) is 7.22. The van der Waals surface area contributed by atoms with Crippen molar-refractivity contribution in [2.45, 2.75) is 482 Å². The van der Waals surface area contributed by atoms with E-state index in [0.717, 1.165) is 121 Å². The first-order chi connectivity index (χ1) is 50.5. The first-order valence-electron chi connectivity index (χ1n) is 44.3. The molecule has 1 fully saturated rings. The molecule has 103 heavy (non-hydrogen) atoms. The van der Waals surface area contributed by atoms with Gasteiger partial charge in [-0.05, 0) is 56.9 Å². The number of carbonyl (C=O) groups is 4. The number of carbonyl (C=O) groups excluding carboxylic acids is 4. The molecule has 0 bridgehead atoms. The molecule has 14 nitrogen and oxygen atoms in total. The van der Waals surface area contributed by atoms with Crippen LogP contribution < -0.4 is 10.6 Å². The molecular weight excluding hydrogens is 1290 g/mol. The molecule has 0 aliphatic carbocycles. The van der Waals surface area contributed by atoms with Crippen LogP contribution in [0, 0.1) is 0 Å². The Morgan fingerprint density at radius 2 is 0.738 bits per heavy atom. The van der Waals surface area contributed by atoms with Crippen LogP contribution in [0.2, 0.25) is 0 Å². The second kappa shape index (κ2) is 70.5. The topological polar surface area (TPSA) is 188 Å². The van der Waals surface area contributed by atoms with Gasteiger partial charge in [-0.15, -0.1) is 0 Å². The van der Waals surface area contributed by atoms with Gasteiger partial charge in [0, 0.05) is 19.8 Å². The summed E-state index contributed by atoms with van der Waals surface area (Å²) in [6.07, 6.45) is 56.3. The van der Waals surface area contributed by atoms with Crippen molar-refractivity contribution in [3.8, 4) is 0 Å². The predicted molar refractivity (Wildman–Crippen MR) is 427 cm³/mol. The molecule has 1 aromatic carbocycles. The SMILES string of the molecule is CCCCCCCCCCC[C@H](CC(=O)N[C@@H]1[C@@H](OC(=O)C[C@@H](CCCCCCCCCCC)OCCCCCCCCCC)[C@H](O)[C@@H](CO)O[C@H]1CC[C@H](NC(=O)C[C@@H](CCCCCCCCCCC)OCCCCCCCCCC)C(=O)OCc1ccccc1)OCCCCCCCCCC. The minimum absolute atomic E-state index is 0.00526. The molecule has 602 valence electrons. The molecule has 1 aliphatic heterocycles. The minimum atomic E-state index is -1.51. The predicted octanol–water partition coefficient (Wildman–Crippen LogP) is 23.0. The number of aliphatic hydroxyl groups excluding tert-OH is 2. The molecule has 0 radical (unpaired) electrons. The Balaban J connectivity index is 2.58. The summed E-state index contributed by atoms with van der Waals surface area (Å²) >= 11 is 0. The molecule has 1 aromatic rings. The molecule has 1 saturated heterocycles. The van der Waals surface area contributed by atoms with E-state index in [9.17, 15) is 29.4 Å². The zero-order chi connectivity index (χ0) is 74.5. The lowest BCUT2D eigenvalue weighted by Gasteiger charge is -2.44. The van der Waals surface area contributed by atoms with Gasteiger partial charge in [0.1, 0.15) is 24.9 Å². The van der Waals surface area contributed by atoms with E-state index in [4.69, 9.17) is 28.4 Å². The maximum atomic E-state index is 15.0. The molecule has 9 atom stereocenters. The van der Waals surface area contributed by atoms with Crippen molar-refractivity contribution in [2.24, 2.45) is 0 Å². The van der Waals surface area contributed by atoms with E-state index in [1.165, 1.54) is 218 Å². The summed E-state index contributed by atoms with van der Waals surface area (Å²) < 4.78 is 38.9. The maximum absolute atomic E-state index is 15.0. The van der Waals surface area contributed by atoms with Crippen LogP contribution in [-0.4, -0.2) is 115 Å². The van der Waals surface area contributed by atoms with E-state index in [2.05, 4.69) is 52.2 Å². The van der Waals surface area contributed by atoms with Crippen molar-refractivity contribution in [3.05, 3.63) is 35.9 Å². The van der Waals surface area contributed by atoms with Crippen molar-refractivity contribution in [3.63, 3.8) is 0 Å². The quantitative estimate of drug-likeness (QED) is 0.0357. The third-order valence-electron chi connectivity index (χ3n) is 21.3. The zero-order valence-corrected chi connectivity index (χ0v) is 67.8. The minimum Gasteiger partial charge on any atom is -0.459 e. The van der Waals surface area contributed by atoms with Crippen LogP contribution in [0.3, 0.4) is 0 Å².